The van der Waals surface area contributed by atoms with Gasteiger partial charge in [0.15, 0.2) is 0 Å². The fourth-order valence-corrected chi connectivity index (χ4v) is 1.93. The third kappa shape index (κ3) is 4.28. The van der Waals surface area contributed by atoms with Crippen LogP contribution in [0.3, 0.4) is 0 Å². The second kappa shape index (κ2) is 6.96. The van der Waals surface area contributed by atoms with E-state index in [0.29, 0.717) is 5.88 Å². The number of benzene rings is 2. The lowest BCUT2D eigenvalue weighted by atomic mass is 10.2. The maximum absolute atomic E-state index is 11.7. The average Bonchev–Trinajstić information content (AvgIpc) is 2.46. The summed E-state index contributed by atoms with van der Waals surface area (Å²) in [5, 5.41) is 2.69. The largest absolute Gasteiger partial charge is 0.444 e. The minimum absolute atomic E-state index is 0.236. The zero-order valence-electron chi connectivity index (χ0n) is 11.2. The molecule has 3 nitrogen and oxygen atoms in total. The van der Waals surface area contributed by atoms with E-state index in [1.165, 1.54) is 0 Å². The molecule has 1 N–H and O–H groups in total. The zero-order chi connectivity index (χ0) is 14.4. The Balaban J connectivity index is 1.85. The van der Waals surface area contributed by atoms with E-state index in [1.54, 1.807) is 0 Å². The van der Waals surface area contributed by atoms with Crippen LogP contribution in [0, 0.1) is 6.92 Å². The summed E-state index contributed by atoms with van der Waals surface area (Å²) in [5.41, 5.74) is 3.78. The Labute approximate surface area is 123 Å². The normalized spacial score (nSPS) is 10.1. The molecule has 0 saturated carbocycles. The number of hydrogen-bond donors (Lipinski definition) is 1. The van der Waals surface area contributed by atoms with E-state index < -0.39 is 6.09 Å². The fourth-order valence-electron chi connectivity index (χ4n) is 1.75. The van der Waals surface area contributed by atoms with E-state index in [2.05, 4.69) is 5.32 Å². The van der Waals surface area contributed by atoms with Crippen molar-refractivity contribution in [3.8, 4) is 0 Å². The number of aryl methyl sites for hydroxylation is 1. The molecular weight excluding hydrogens is 274 g/mol. The van der Waals surface area contributed by atoms with Crippen molar-refractivity contribution in [2.24, 2.45) is 0 Å². The molecule has 20 heavy (non-hydrogen) atoms. The van der Waals surface area contributed by atoms with Crippen LogP contribution >= 0.6 is 11.6 Å². The molecule has 0 aliphatic rings. The molecule has 0 radical (unpaired) electrons. The summed E-state index contributed by atoms with van der Waals surface area (Å²) in [6.07, 6.45) is -0.461. The molecule has 2 aromatic rings. The highest BCUT2D eigenvalue weighted by Crippen LogP contribution is 2.11. The van der Waals surface area contributed by atoms with Crippen molar-refractivity contribution in [1.82, 2.24) is 0 Å². The summed E-state index contributed by atoms with van der Waals surface area (Å²) >= 11 is 5.71. The maximum atomic E-state index is 11.7. The molecule has 0 unspecified atom stereocenters. The lowest BCUT2D eigenvalue weighted by Gasteiger charge is -2.08. The van der Waals surface area contributed by atoms with Gasteiger partial charge in [-0.3, -0.25) is 5.32 Å². The van der Waals surface area contributed by atoms with Gasteiger partial charge < -0.3 is 4.74 Å². The van der Waals surface area contributed by atoms with Crippen molar-refractivity contribution in [2.75, 3.05) is 5.32 Å². The summed E-state index contributed by atoms with van der Waals surface area (Å²) in [6.45, 7) is 2.20. The van der Waals surface area contributed by atoms with Gasteiger partial charge >= 0.3 is 6.09 Å². The van der Waals surface area contributed by atoms with Crippen LogP contribution in [0.5, 0.6) is 0 Å². The number of anilines is 1. The zero-order valence-corrected chi connectivity index (χ0v) is 12.0. The van der Waals surface area contributed by atoms with Crippen LogP contribution in [0.1, 0.15) is 16.7 Å². The van der Waals surface area contributed by atoms with Gasteiger partial charge in [0.25, 0.3) is 0 Å². The first-order valence-corrected chi connectivity index (χ1v) is 6.85. The first-order valence-electron chi connectivity index (χ1n) is 6.31. The van der Waals surface area contributed by atoms with Crippen molar-refractivity contribution < 1.29 is 9.53 Å². The Bertz CT molecular complexity index is 581. The van der Waals surface area contributed by atoms with Gasteiger partial charge in [-0.05, 0) is 35.7 Å². The number of hydrogen-bond acceptors (Lipinski definition) is 2. The van der Waals surface area contributed by atoms with Gasteiger partial charge in [0, 0.05) is 11.6 Å². The van der Waals surface area contributed by atoms with E-state index in [4.69, 9.17) is 16.3 Å². The van der Waals surface area contributed by atoms with E-state index >= 15 is 0 Å². The van der Waals surface area contributed by atoms with Crippen molar-refractivity contribution >= 4 is 23.4 Å². The highest BCUT2D eigenvalue weighted by atomic mass is 35.5. The van der Waals surface area contributed by atoms with E-state index in [-0.39, 0.29) is 6.61 Å². The van der Waals surface area contributed by atoms with Gasteiger partial charge in [-0.15, -0.1) is 11.6 Å². The Kier molecular flexibility index (Phi) is 5.02. The molecular formula is C16H16ClNO2. The van der Waals surface area contributed by atoms with Crippen LogP contribution in [0.15, 0.2) is 48.5 Å². The lowest BCUT2D eigenvalue weighted by molar-refractivity contribution is 0.155. The van der Waals surface area contributed by atoms with Crippen molar-refractivity contribution in [2.45, 2.75) is 19.4 Å². The number of ether oxygens (including phenoxy) is 1. The summed E-state index contributed by atoms with van der Waals surface area (Å²) in [6, 6.07) is 15.2. The molecule has 0 bridgehead atoms. The highest BCUT2D eigenvalue weighted by molar-refractivity contribution is 6.17. The topological polar surface area (TPSA) is 38.3 Å². The lowest BCUT2D eigenvalue weighted by Crippen LogP contribution is -2.13. The van der Waals surface area contributed by atoms with E-state index in [1.807, 2.05) is 55.5 Å². The van der Waals surface area contributed by atoms with Crippen LogP contribution in [-0.2, 0) is 17.2 Å². The Morgan fingerprint density at radius 3 is 2.50 bits per heavy atom. The molecule has 2 rings (SSSR count). The van der Waals surface area contributed by atoms with Gasteiger partial charge in [-0.25, -0.2) is 4.79 Å². The van der Waals surface area contributed by atoms with Gasteiger partial charge in [0.2, 0.25) is 0 Å². The predicted molar refractivity (Wildman–Crippen MR) is 81.0 cm³/mol. The molecule has 104 valence electrons. The number of amides is 1. The average molecular weight is 290 g/mol. The molecule has 0 aromatic heterocycles. The predicted octanol–water partition coefficient (Wildman–Crippen LogP) is 4.48. The summed E-state index contributed by atoms with van der Waals surface area (Å²) in [5.74, 6) is 0.481. The molecule has 0 heterocycles. The Morgan fingerprint density at radius 1 is 1.15 bits per heavy atom. The Hall–Kier alpha value is -2.00. The molecule has 1 amide bonds. The van der Waals surface area contributed by atoms with E-state index in [9.17, 15) is 4.79 Å². The third-order valence-corrected chi connectivity index (χ3v) is 3.12. The molecule has 0 fully saturated rings. The number of rotatable bonds is 4. The maximum Gasteiger partial charge on any atom is 0.411 e. The first-order chi connectivity index (χ1) is 9.67. The van der Waals surface area contributed by atoms with Gasteiger partial charge in [0.05, 0.1) is 0 Å². The minimum Gasteiger partial charge on any atom is -0.444 e. The second-order valence-corrected chi connectivity index (χ2v) is 4.79. The summed E-state index contributed by atoms with van der Waals surface area (Å²) in [4.78, 5) is 11.7. The molecule has 0 aliphatic carbocycles. The summed E-state index contributed by atoms with van der Waals surface area (Å²) < 4.78 is 5.16. The number of nitrogens with one attached hydrogen (secondary N) is 1. The molecule has 0 spiro atoms. The van der Waals surface area contributed by atoms with Crippen LogP contribution in [0.25, 0.3) is 0 Å². The molecule has 0 saturated heterocycles. The fraction of sp³-hybridized carbons (Fsp3) is 0.188. The van der Waals surface area contributed by atoms with Crippen molar-refractivity contribution in [1.29, 1.82) is 0 Å². The van der Waals surface area contributed by atoms with Gasteiger partial charge in [-0.1, -0.05) is 36.4 Å². The number of carbonyl (C=O) groups is 1. The number of halogens is 1. The highest BCUT2D eigenvalue weighted by Gasteiger charge is 2.04. The second-order valence-electron chi connectivity index (χ2n) is 4.52. The quantitative estimate of drug-likeness (QED) is 0.843. The third-order valence-electron chi connectivity index (χ3n) is 2.81. The standard InChI is InChI=1S/C16H16ClNO2/c1-12-3-2-4-15(9-12)18-16(19)20-11-14-7-5-13(10-17)6-8-14/h2-9H,10-11H2,1H3,(H,18,19). The Morgan fingerprint density at radius 2 is 1.85 bits per heavy atom. The molecule has 2 aromatic carbocycles. The SMILES string of the molecule is Cc1cccc(NC(=O)OCc2ccc(CCl)cc2)c1. The molecule has 0 aliphatic heterocycles. The van der Waals surface area contributed by atoms with Crippen molar-refractivity contribution in [3.63, 3.8) is 0 Å². The number of alkyl halides is 1. The van der Waals surface area contributed by atoms with Crippen LogP contribution in [0.2, 0.25) is 0 Å². The monoisotopic (exact) mass is 289 g/mol. The van der Waals surface area contributed by atoms with Crippen LogP contribution in [0.4, 0.5) is 10.5 Å². The first kappa shape index (κ1) is 14.4. The van der Waals surface area contributed by atoms with Crippen LogP contribution < -0.4 is 5.32 Å². The molecule has 0 atom stereocenters. The smallest absolute Gasteiger partial charge is 0.411 e. The van der Waals surface area contributed by atoms with Crippen LogP contribution in [-0.4, -0.2) is 6.09 Å². The van der Waals surface area contributed by atoms with Crippen molar-refractivity contribution in [3.05, 3.63) is 65.2 Å². The molecule has 4 heteroatoms. The minimum atomic E-state index is -0.461. The summed E-state index contributed by atoms with van der Waals surface area (Å²) in [7, 11) is 0. The van der Waals surface area contributed by atoms with Gasteiger partial charge in [-0.2, -0.15) is 0 Å². The number of carbonyl (C=O) groups excluding carboxylic acids is 1. The van der Waals surface area contributed by atoms with E-state index in [0.717, 1.165) is 22.4 Å². The van der Waals surface area contributed by atoms with Gasteiger partial charge in [0.1, 0.15) is 6.61 Å².